The highest BCUT2D eigenvalue weighted by Crippen LogP contribution is 2.48. The van der Waals surface area contributed by atoms with Crippen molar-refractivity contribution < 1.29 is 18.0 Å². The minimum Gasteiger partial charge on any atom is -0.399 e. The lowest BCUT2D eigenvalue weighted by molar-refractivity contribution is 0.0812. The molecule has 0 aromatic heterocycles. The number of amides is 1. The monoisotopic (exact) mass is 684 g/mol. The minimum absolute atomic E-state index is 0.0928. The van der Waals surface area contributed by atoms with Crippen molar-refractivity contribution in [3.8, 4) is 0 Å². The Labute approximate surface area is 283 Å². The Bertz CT molecular complexity index is 1720. The maximum atomic E-state index is 13.5. The van der Waals surface area contributed by atoms with Crippen molar-refractivity contribution in [3.05, 3.63) is 98.5 Å². The van der Waals surface area contributed by atoms with Gasteiger partial charge in [0.25, 0.3) is 5.91 Å². The molecule has 1 atom stereocenters. The molecule has 3 aromatic rings. The molecule has 0 aliphatic carbocycles. The Kier molecular flexibility index (Phi) is 10.4. The number of hydrogen-bond donors (Lipinski definition) is 0. The van der Waals surface area contributed by atoms with E-state index in [0.717, 1.165) is 60.4 Å². The number of carbonyl (C=O) groups excluding carboxylic acids is 1. The SMILES string of the molecule is CO/N=C(/CN(C)C(=O)c1cc(C)cc(C)c1)C(CCN1CCC2(CC1)CN(S(C)(=O)=O)c1ccccc12)c1ccc(Cl)c(Cl)c1. The van der Waals surface area contributed by atoms with Crippen molar-refractivity contribution >= 4 is 50.5 Å². The topological polar surface area (TPSA) is 82.5 Å². The van der Waals surface area contributed by atoms with Gasteiger partial charge in [0.1, 0.15) is 7.11 Å². The fraction of sp³-hybridized carbons (Fsp3) is 0.429. The molecular formula is C35H42Cl2N4O4S. The molecule has 2 aliphatic heterocycles. The Morgan fingerprint density at radius 1 is 1.02 bits per heavy atom. The first-order chi connectivity index (χ1) is 21.8. The summed E-state index contributed by atoms with van der Waals surface area (Å²) in [6.45, 7) is 7.16. The fourth-order valence-corrected chi connectivity index (χ4v) is 8.34. The molecule has 46 heavy (non-hydrogen) atoms. The summed E-state index contributed by atoms with van der Waals surface area (Å²) in [7, 11) is -0.0774. The number of aryl methyl sites for hydroxylation is 2. The molecule has 2 aliphatic rings. The summed E-state index contributed by atoms with van der Waals surface area (Å²) in [6.07, 6.45) is 3.72. The van der Waals surface area contributed by atoms with E-state index in [-0.39, 0.29) is 23.8 Å². The normalized spacial score (nSPS) is 17.2. The molecule has 0 bridgehead atoms. The summed E-state index contributed by atoms with van der Waals surface area (Å²) in [6, 6.07) is 19.4. The van der Waals surface area contributed by atoms with Gasteiger partial charge in [-0.1, -0.05) is 69.8 Å². The number of likely N-dealkylation sites (tertiary alicyclic amines) is 1. The van der Waals surface area contributed by atoms with Crippen LogP contribution in [-0.2, 0) is 20.3 Å². The molecule has 8 nitrogen and oxygen atoms in total. The smallest absolute Gasteiger partial charge is 0.253 e. The van der Waals surface area contributed by atoms with Crippen LogP contribution in [0.25, 0.3) is 0 Å². The van der Waals surface area contributed by atoms with Gasteiger partial charge in [-0.15, -0.1) is 0 Å². The molecule has 1 spiro atoms. The van der Waals surface area contributed by atoms with Gasteiger partial charge in [-0.25, -0.2) is 8.42 Å². The standard InChI is InChI=1S/C35H42Cl2N4O4S/c1-24-18-25(2)20-27(19-24)34(42)39(3)22-32(38-45-4)28(26-10-11-30(36)31(37)21-26)12-15-40-16-13-35(14-17-40)23-41(46(5,43)44)33-9-7-6-8-29(33)35/h6-11,18-21,28H,12-17,22-23H2,1-5H3/b38-32-. The molecule has 1 amide bonds. The number of halogens is 2. The number of hydrogen-bond acceptors (Lipinski definition) is 6. The maximum Gasteiger partial charge on any atom is 0.253 e. The van der Waals surface area contributed by atoms with Crippen LogP contribution in [-0.4, -0.2) is 83.0 Å². The first kappa shape index (κ1) is 34.2. The molecule has 246 valence electrons. The van der Waals surface area contributed by atoms with Crippen molar-refractivity contribution in [3.63, 3.8) is 0 Å². The lowest BCUT2D eigenvalue weighted by Gasteiger charge is -2.40. The number of para-hydroxylation sites is 1. The second-order valence-electron chi connectivity index (χ2n) is 12.7. The largest absolute Gasteiger partial charge is 0.399 e. The van der Waals surface area contributed by atoms with Gasteiger partial charge < -0.3 is 14.6 Å². The third-order valence-electron chi connectivity index (χ3n) is 9.31. The van der Waals surface area contributed by atoms with Crippen LogP contribution in [0.15, 0.2) is 65.8 Å². The van der Waals surface area contributed by atoms with Gasteiger partial charge in [0, 0.05) is 30.5 Å². The predicted octanol–water partition coefficient (Wildman–Crippen LogP) is 6.67. The summed E-state index contributed by atoms with van der Waals surface area (Å²) in [5, 5.41) is 5.37. The van der Waals surface area contributed by atoms with Crippen LogP contribution in [0.5, 0.6) is 0 Å². The Morgan fingerprint density at radius 2 is 1.70 bits per heavy atom. The first-order valence-corrected chi connectivity index (χ1v) is 18.1. The zero-order chi connectivity index (χ0) is 33.2. The molecule has 1 unspecified atom stereocenters. The minimum atomic E-state index is -3.37. The second kappa shape index (κ2) is 13.9. The molecule has 1 fully saturated rings. The van der Waals surface area contributed by atoms with Crippen LogP contribution in [0.4, 0.5) is 5.69 Å². The summed E-state index contributed by atoms with van der Waals surface area (Å²) < 4.78 is 26.9. The van der Waals surface area contributed by atoms with E-state index in [9.17, 15) is 13.2 Å². The van der Waals surface area contributed by atoms with Gasteiger partial charge in [-0.2, -0.15) is 0 Å². The van der Waals surface area contributed by atoms with Crippen LogP contribution in [0.3, 0.4) is 0 Å². The van der Waals surface area contributed by atoms with Gasteiger partial charge >= 0.3 is 0 Å². The van der Waals surface area contributed by atoms with E-state index in [2.05, 4.69) is 16.1 Å². The number of carbonyl (C=O) groups is 1. The second-order valence-corrected chi connectivity index (χ2v) is 15.4. The fourth-order valence-electron chi connectivity index (χ4n) is 7.03. The van der Waals surface area contributed by atoms with Gasteiger partial charge in [-0.05, 0) is 94.2 Å². The summed E-state index contributed by atoms with van der Waals surface area (Å²) in [4.78, 5) is 22.9. The Balaban J connectivity index is 1.34. The van der Waals surface area contributed by atoms with Crippen molar-refractivity contribution in [2.45, 2.75) is 44.4 Å². The van der Waals surface area contributed by atoms with Crippen molar-refractivity contribution in [1.29, 1.82) is 0 Å². The van der Waals surface area contributed by atoms with E-state index in [4.69, 9.17) is 28.0 Å². The molecule has 11 heteroatoms. The number of rotatable bonds is 10. The Morgan fingerprint density at radius 3 is 2.33 bits per heavy atom. The van der Waals surface area contributed by atoms with Crippen molar-refractivity contribution in [1.82, 2.24) is 9.80 Å². The van der Waals surface area contributed by atoms with E-state index in [0.29, 0.717) is 34.3 Å². The molecule has 0 saturated carbocycles. The number of oxime groups is 1. The average molecular weight is 686 g/mol. The summed E-state index contributed by atoms with van der Waals surface area (Å²) in [5.41, 5.74) is 6.08. The first-order valence-electron chi connectivity index (χ1n) is 15.5. The zero-order valence-electron chi connectivity index (χ0n) is 27.1. The van der Waals surface area contributed by atoms with Gasteiger partial charge in [0.15, 0.2) is 0 Å². The van der Waals surface area contributed by atoms with Crippen LogP contribution < -0.4 is 4.31 Å². The molecule has 2 heterocycles. The number of benzene rings is 3. The van der Waals surface area contributed by atoms with E-state index >= 15 is 0 Å². The third-order valence-corrected chi connectivity index (χ3v) is 11.2. The number of sulfonamides is 1. The van der Waals surface area contributed by atoms with E-state index in [1.807, 2.05) is 62.4 Å². The van der Waals surface area contributed by atoms with Gasteiger partial charge in [0.05, 0.1) is 34.2 Å². The van der Waals surface area contributed by atoms with Crippen LogP contribution in [0.1, 0.15) is 57.8 Å². The van der Waals surface area contributed by atoms with Crippen molar-refractivity contribution in [2.75, 3.05) is 57.4 Å². The van der Waals surface area contributed by atoms with Crippen molar-refractivity contribution in [2.24, 2.45) is 5.16 Å². The quantitative estimate of drug-likeness (QED) is 0.176. The molecule has 0 radical (unpaired) electrons. The number of nitrogens with zero attached hydrogens (tertiary/aromatic N) is 4. The average Bonchev–Trinajstić information content (AvgIpc) is 3.33. The predicted molar refractivity (Wildman–Crippen MR) is 187 cm³/mol. The van der Waals surface area contributed by atoms with E-state index < -0.39 is 10.0 Å². The molecule has 5 rings (SSSR count). The highest BCUT2D eigenvalue weighted by molar-refractivity contribution is 7.92. The zero-order valence-corrected chi connectivity index (χ0v) is 29.4. The van der Waals surface area contributed by atoms with Gasteiger partial charge in [0.2, 0.25) is 10.0 Å². The molecule has 1 saturated heterocycles. The van der Waals surface area contributed by atoms with Crippen LogP contribution >= 0.6 is 23.2 Å². The van der Waals surface area contributed by atoms with Crippen LogP contribution in [0.2, 0.25) is 10.0 Å². The highest BCUT2D eigenvalue weighted by atomic mass is 35.5. The Hall–Kier alpha value is -3.11. The summed E-state index contributed by atoms with van der Waals surface area (Å²) >= 11 is 12.8. The molecule has 0 N–H and O–H groups in total. The lowest BCUT2D eigenvalue weighted by Crippen LogP contribution is -2.46. The molecule has 3 aromatic carbocycles. The lowest BCUT2D eigenvalue weighted by atomic mass is 9.74. The van der Waals surface area contributed by atoms with Crippen LogP contribution in [0, 0.1) is 13.8 Å². The van der Waals surface area contributed by atoms with E-state index in [1.165, 1.54) is 13.4 Å². The number of piperidine rings is 1. The maximum absolute atomic E-state index is 13.5. The van der Waals surface area contributed by atoms with E-state index in [1.54, 1.807) is 22.3 Å². The number of fused-ring (bicyclic) bond motifs is 2. The van der Waals surface area contributed by atoms with Gasteiger partial charge in [-0.3, -0.25) is 9.10 Å². The summed E-state index contributed by atoms with van der Waals surface area (Å²) in [5.74, 6) is -0.280. The highest BCUT2D eigenvalue weighted by Gasteiger charge is 2.46. The number of anilines is 1. The third kappa shape index (κ3) is 7.38. The molecular weight excluding hydrogens is 643 g/mol.